The average molecular weight is 274 g/mol. The van der Waals surface area contributed by atoms with Crippen molar-refractivity contribution in [3.05, 3.63) is 23.0 Å². The van der Waals surface area contributed by atoms with Crippen LogP contribution in [0.25, 0.3) is 0 Å². The van der Waals surface area contributed by atoms with Crippen LogP contribution in [0, 0.1) is 0 Å². The summed E-state index contributed by atoms with van der Waals surface area (Å²) >= 11 is 5.62. The fourth-order valence-electron chi connectivity index (χ4n) is 1.28. The molecule has 1 rings (SSSR count). The smallest absolute Gasteiger partial charge is 0.326 e. The Bertz CT molecular complexity index is 471. The standard InChI is InChI=1S/C10H12ClN3O4/c11-5-3-7(13-4-5)9(16)14-6(10(17)18)1-2-8(12)15/h3-4,6,13H,1-2H2,(H2,12,15)(H,14,16)(H,17,18)/t6-/m0/s1. The lowest BCUT2D eigenvalue weighted by Crippen LogP contribution is -2.41. The van der Waals surface area contributed by atoms with Crippen molar-refractivity contribution in [1.82, 2.24) is 10.3 Å². The number of hydrogen-bond acceptors (Lipinski definition) is 3. The minimum Gasteiger partial charge on any atom is -0.480 e. The monoisotopic (exact) mass is 273 g/mol. The van der Waals surface area contributed by atoms with E-state index in [1.165, 1.54) is 12.3 Å². The Morgan fingerprint density at radius 3 is 2.61 bits per heavy atom. The van der Waals surface area contributed by atoms with Crippen molar-refractivity contribution in [2.75, 3.05) is 0 Å². The van der Waals surface area contributed by atoms with E-state index in [4.69, 9.17) is 22.4 Å². The summed E-state index contributed by atoms with van der Waals surface area (Å²) in [6, 6.07) is 0.191. The van der Waals surface area contributed by atoms with Gasteiger partial charge in [-0.05, 0) is 12.5 Å². The molecule has 0 aliphatic rings. The Hall–Kier alpha value is -2.02. The number of carbonyl (C=O) groups is 3. The van der Waals surface area contributed by atoms with E-state index in [1.807, 2.05) is 0 Å². The van der Waals surface area contributed by atoms with Crippen molar-refractivity contribution >= 4 is 29.4 Å². The summed E-state index contributed by atoms with van der Waals surface area (Å²) in [7, 11) is 0. The number of halogens is 1. The number of carboxylic acid groups (broad SMARTS) is 1. The van der Waals surface area contributed by atoms with E-state index in [0.717, 1.165) is 0 Å². The van der Waals surface area contributed by atoms with E-state index in [-0.39, 0.29) is 18.5 Å². The largest absolute Gasteiger partial charge is 0.480 e. The van der Waals surface area contributed by atoms with Gasteiger partial charge in [-0.3, -0.25) is 9.59 Å². The van der Waals surface area contributed by atoms with Crippen molar-refractivity contribution in [1.29, 1.82) is 0 Å². The quantitative estimate of drug-likeness (QED) is 0.587. The van der Waals surface area contributed by atoms with Crippen LogP contribution in [0.1, 0.15) is 23.3 Å². The number of rotatable bonds is 6. The van der Waals surface area contributed by atoms with Crippen LogP contribution in [0.15, 0.2) is 12.3 Å². The van der Waals surface area contributed by atoms with Gasteiger partial charge in [-0.25, -0.2) is 4.79 Å². The van der Waals surface area contributed by atoms with Crippen LogP contribution in [0.2, 0.25) is 5.02 Å². The van der Waals surface area contributed by atoms with Crippen LogP contribution >= 0.6 is 11.6 Å². The minimum atomic E-state index is -1.23. The molecule has 0 bridgehead atoms. The number of hydrogen-bond donors (Lipinski definition) is 4. The molecule has 0 radical (unpaired) electrons. The van der Waals surface area contributed by atoms with Gasteiger partial charge in [0.15, 0.2) is 0 Å². The number of aromatic amines is 1. The average Bonchev–Trinajstić information content (AvgIpc) is 2.70. The van der Waals surface area contributed by atoms with E-state index >= 15 is 0 Å². The Balaban J connectivity index is 2.63. The summed E-state index contributed by atoms with van der Waals surface area (Å²) in [5, 5.41) is 11.5. The van der Waals surface area contributed by atoms with E-state index in [2.05, 4.69) is 10.3 Å². The molecule has 0 aromatic carbocycles. The van der Waals surface area contributed by atoms with E-state index in [1.54, 1.807) is 0 Å². The van der Waals surface area contributed by atoms with Crippen molar-refractivity contribution in [3.8, 4) is 0 Å². The van der Waals surface area contributed by atoms with Crippen LogP contribution < -0.4 is 11.1 Å². The second-order valence-electron chi connectivity index (χ2n) is 3.60. The number of carboxylic acids is 1. The van der Waals surface area contributed by atoms with Crippen molar-refractivity contribution < 1.29 is 19.5 Å². The molecule has 1 aromatic rings. The number of aromatic nitrogens is 1. The SMILES string of the molecule is NC(=O)CC[C@H](NC(=O)c1cc(Cl)c[nH]1)C(=O)O. The predicted molar refractivity (Wildman–Crippen MR) is 63.1 cm³/mol. The molecule has 18 heavy (non-hydrogen) atoms. The normalized spacial score (nSPS) is 11.8. The number of aliphatic carboxylic acids is 1. The highest BCUT2D eigenvalue weighted by Crippen LogP contribution is 2.09. The molecular weight excluding hydrogens is 262 g/mol. The third-order valence-electron chi connectivity index (χ3n) is 2.18. The molecule has 98 valence electrons. The molecule has 5 N–H and O–H groups in total. The summed E-state index contributed by atoms with van der Waals surface area (Å²) in [5.41, 5.74) is 5.06. The molecule has 1 aromatic heterocycles. The van der Waals surface area contributed by atoms with Gasteiger partial charge in [-0.2, -0.15) is 0 Å². The van der Waals surface area contributed by atoms with E-state index in [9.17, 15) is 14.4 Å². The maximum atomic E-state index is 11.6. The molecule has 0 saturated carbocycles. The van der Waals surface area contributed by atoms with Crippen LogP contribution in [0.5, 0.6) is 0 Å². The Labute approximate surface area is 107 Å². The molecule has 1 heterocycles. The van der Waals surface area contributed by atoms with Gasteiger partial charge in [0, 0.05) is 12.6 Å². The van der Waals surface area contributed by atoms with Crippen LogP contribution in [-0.4, -0.2) is 33.9 Å². The van der Waals surface area contributed by atoms with Gasteiger partial charge < -0.3 is 21.1 Å². The molecule has 2 amide bonds. The highest BCUT2D eigenvalue weighted by Gasteiger charge is 2.21. The van der Waals surface area contributed by atoms with Gasteiger partial charge >= 0.3 is 5.97 Å². The zero-order valence-electron chi connectivity index (χ0n) is 9.27. The number of H-pyrrole nitrogens is 1. The molecule has 0 unspecified atom stereocenters. The zero-order chi connectivity index (χ0) is 13.7. The number of nitrogens with two attached hydrogens (primary N) is 1. The Morgan fingerprint density at radius 2 is 2.17 bits per heavy atom. The van der Waals surface area contributed by atoms with Gasteiger partial charge in [0.2, 0.25) is 5.91 Å². The van der Waals surface area contributed by atoms with Gasteiger partial charge in [-0.15, -0.1) is 0 Å². The van der Waals surface area contributed by atoms with Crippen LogP contribution in [-0.2, 0) is 9.59 Å². The summed E-state index contributed by atoms with van der Waals surface area (Å²) in [6.07, 6.45) is 1.21. The molecule has 1 atom stereocenters. The molecule has 8 heteroatoms. The van der Waals surface area contributed by atoms with E-state index in [0.29, 0.717) is 5.02 Å². The minimum absolute atomic E-state index is 0.0646. The van der Waals surface area contributed by atoms with Gasteiger partial charge in [0.05, 0.1) is 5.02 Å². The second-order valence-corrected chi connectivity index (χ2v) is 4.04. The maximum absolute atomic E-state index is 11.6. The van der Waals surface area contributed by atoms with Gasteiger partial charge in [0.1, 0.15) is 11.7 Å². The highest BCUT2D eigenvalue weighted by atomic mass is 35.5. The lowest BCUT2D eigenvalue weighted by atomic mass is 10.1. The number of amides is 2. The van der Waals surface area contributed by atoms with Crippen molar-refractivity contribution in [3.63, 3.8) is 0 Å². The summed E-state index contributed by atoms with van der Waals surface area (Å²) in [4.78, 5) is 35.7. The lowest BCUT2D eigenvalue weighted by Gasteiger charge is -2.12. The molecule has 0 aliphatic carbocycles. The second kappa shape index (κ2) is 6.06. The summed E-state index contributed by atoms with van der Waals surface area (Å²) in [6.45, 7) is 0. The first-order valence-electron chi connectivity index (χ1n) is 5.06. The van der Waals surface area contributed by atoms with Crippen LogP contribution in [0.4, 0.5) is 0 Å². The first-order valence-corrected chi connectivity index (χ1v) is 5.44. The third-order valence-corrected chi connectivity index (χ3v) is 2.39. The predicted octanol–water partition coefficient (Wildman–Crippen LogP) is 0.117. The Morgan fingerprint density at radius 1 is 1.50 bits per heavy atom. The van der Waals surface area contributed by atoms with Gasteiger partial charge in [-0.1, -0.05) is 11.6 Å². The van der Waals surface area contributed by atoms with E-state index < -0.39 is 23.8 Å². The maximum Gasteiger partial charge on any atom is 0.326 e. The van der Waals surface area contributed by atoms with Gasteiger partial charge in [0.25, 0.3) is 5.91 Å². The highest BCUT2D eigenvalue weighted by molar-refractivity contribution is 6.30. The molecule has 0 saturated heterocycles. The molecule has 0 aliphatic heterocycles. The fourth-order valence-corrected chi connectivity index (χ4v) is 1.44. The first-order chi connectivity index (χ1) is 8.40. The number of nitrogens with one attached hydrogen (secondary N) is 2. The zero-order valence-corrected chi connectivity index (χ0v) is 10.0. The third kappa shape index (κ3) is 4.10. The van der Waals surface area contributed by atoms with Crippen molar-refractivity contribution in [2.24, 2.45) is 5.73 Å². The first kappa shape index (κ1) is 14.0. The molecule has 7 nitrogen and oxygen atoms in total. The Kier molecular flexibility index (Phi) is 4.73. The number of carbonyl (C=O) groups excluding carboxylic acids is 2. The topological polar surface area (TPSA) is 125 Å². The summed E-state index contributed by atoms with van der Waals surface area (Å²) < 4.78 is 0. The summed E-state index contributed by atoms with van der Waals surface area (Å²) in [5.74, 6) is -2.47. The number of primary amides is 1. The molecule has 0 spiro atoms. The lowest BCUT2D eigenvalue weighted by molar-refractivity contribution is -0.139. The van der Waals surface area contributed by atoms with Crippen LogP contribution in [0.3, 0.4) is 0 Å². The fraction of sp³-hybridized carbons (Fsp3) is 0.300. The molecular formula is C10H12ClN3O4. The van der Waals surface area contributed by atoms with Crippen molar-refractivity contribution in [2.45, 2.75) is 18.9 Å². The molecule has 0 fully saturated rings.